The normalized spacial score (nSPS) is 10.2. The van der Waals surface area contributed by atoms with Crippen LogP contribution >= 0.6 is 0 Å². The third kappa shape index (κ3) is 4.35. The van der Waals surface area contributed by atoms with E-state index in [0.29, 0.717) is 25.2 Å². The van der Waals surface area contributed by atoms with Crippen LogP contribution in [-0.2, 0) is 6.54 Å². The van der Waals surface area contributed by atoms with Gasteiger partial charge in [0.1, 0.15) is 5.69 Å². The Hall–Kier alpha value is -2.76. The first-order valence-electron chi connectivity index (χ1n) is 7.59. The Morgan fingerprint density at radius 2 is 1.87 bits per heavy atom. The highest BCUT2D eigenvalue weighted by Crippen LogP contribution is 2.06. The molecule has 0 saturated heterocycles. The van der Waals surface area contributed by atoms with Gasteiger partial charge in [-0.25, -0.2) is 0 Å². The second kappa shape index (κ2) is 8.03. The summed E-state index contributed by atoms with van der Waals surface area (Å²) in [6, 6.07) is 8.63. The molecule has 0 saturated carbocycles. The van der Waals surface area contributed by atoms with Crippen molar-refractivity contribution in [1.29, 1.82) is 0 Å². The van der Waals surface area contributed by atoms with Crippen LogP contribution in [-0.4, -0.2) is 39.8 Å². The van der Waals surface area contributed by atoms with Gasteiger partial charge in [0, 0.05) is 31.0 Å². The zero-order chi connectivity index (χ0) is 16.7. The smallest absolute Gasteiger partial charge is 0.272 e. The first kappa shape index (κ1) is 16.6. The minimum absolute atomic E-state index is 0.172. The SMILES string of the molecule is CCN(CC)C(=O)c1cc(C(=O)NCc2ccccn2)ccn1. The zero-order valence-electron chi connectivity index (χ0n) is 13.3. The average Bonchev–Trinajstić information content (AvgIpc) is 2.61. The Morgan fingerprint density at radius 1 is 1.09 bits per heavy atom. The van der Waals surface area contributed by atoms with E-state index in [1.165, 1.54) is 12.3 Å². The first-order chi connectivity index (χ1) is 11.2. The molecule has 0 aromatic carbocycles. The molecule has 2 heterocycles. The fourth-order valence-electron chi connectivity index (χ4n) is 2.14. The topological polar surface area (TPSA) is 75.2 Å². The van der Waals surface area contributed by atoms with Crippen LogP contribution in [0.5, 0.6) is 0 Å². The number of hydrogen-bond acceptors (Lipinski definition) is 4. The summed E-state index contributed by atoms with van der Waals surface area (Å²) >= 11 is 0. The molecule has 0 aliphatic rings. The molecule has 2 aromatic heterocycles. The molecule has 0 bridgehead atoms. The summed E-state index contributed by atoms with van der Waals surface area (Å²) in [5.41, 5.74) is 1.46. The van der Waals surface area contributed by atoms with Gasteiger partial charge in [-0.3, -0.25) is 19.6 Å². The molecule has 0 fully saturated rings. The Bertz CT molecular complexity index is 669. The fourth-order valence-corrected chi connectivity index (χ4v) is 2.14. The highest BCUT2D eigenvalue weighted by Gasteiger charge is 2.16. The number of carbonyl (C=O) groups excluding carboxylic acids is 2. The minimum Gasteiger partial charge on any atom is -0.346 e. The summed E-state index contributed by atoms with van der Waals surface area (Å²) in [7, 11) is 0. The standard InChI is InChI=1S/C17H20N4O2/c1-3-21(4-2)17(23)15-11-13(8-10-19-15)16(22)20-12-14-7-5-6-9-18-14/h5-11H,3-4,12H2,1-2H3,(H,20,22). The van der Waals surface area contributed by atoms with E-state index in [4.69, 9.17) is 0 Å². The third-order valence-corrected chi connectivity index (χ3v) is 3.45. The molecule has 23 heavy (non-hydrogen) atoms. The van der Waals surface area contributed by atoms with Crippen molar-refractivity contribution in [3.8, 4) is 0 Å². The van der Waals surface area contributed by atoms with Crippen LogP contribution in [0, 0.1) is 0 Å². The van der Waals surface area contributed by atoms with Crippen LogP contribution in [0.1, 0.15) is 40.4 Å². The molecule has 6 nitrogen and oxygen atoms in total. The summed E-state index contributed by atoms with van der Waals surface area (Å²) < 4.78 is 0. The second-order valence-corrected chi connectivity index (χ2v) is 4.91. The number of amides is 2. The maximum absolute atomic E-state index is 12.3. The monoisotopic (exact) mass is 312 g/mol. The number of nitrogens with zero attached hydrogens (tertiary/aromatic N) is 3. The highest BCUT2D eigenvalue weighted by molar-refractivity contribution is 5.98. The average molecular weight is 312 g/mol. The molecule has 2 aromatic rings. The van der Waals surface area contributed by atoms with Crippen molar-refractivity contribution < 1.29 is 9.59 Å². The van der Waals surface area contributed by atoms with Gasteiger partial charge in [-0.15, -0.1) is 0 Å². The van der Waals surface area contributed by atoms with E-state index in [1.807, 2.05) is 32.0 Å². The minimum atomic E-state index is -0.258. The molecule has 1 N–H and O–H groups in total. The number of rotatable bonds is 6. The van der Waals surface area contributed by atoms with E-state index in [9.17, 15) is 9.59 Å². The van der Waals surface area contributed by atoms with Gasteiger partial charge in [-0.1, -0.05) is 6.07 Å². The van der Waals surface area contributed by atoms with Crippen molar-refractivity contribution in [3.05, 3.63) is 59.7 Å². The number of nitrogens with one attached hydrogen (secondary N) is 1. The summed E-state index contributed by atoms with van der Waals surface area (Å²) in [6.07, 6.45) is 3.15. The van der Waals surface area contributed by atoms with Crippen molar-refractivity contribution in [2.75, 3.05) is 13.1 Å². The fraction of sp³-hybridized carbons (Fsp3) is 0.294. The maximum atomic E-state index is 12.3. The van der Waals surface area contributed by atoms with E-state index in [0.717, 1.165) is 5.69 Å². The lowest BCUT2D eigenvalue weighted by Crippen LogP contribution is -2.31. The van der Waals surface area contributed by atoms with Crippen molar-refractivity contribution in [3.63, 3.8) is 0 Å². The Balaban J connectivity index is 2.06. The maximum Gasteiger partial charge on any atom is 0.272 e. The lowest BCUT2D eigenvalue weighted by molar-refractivity contribution is 0.0767. The predicted octanol–water partition coefficient (Wildman–Crippen LogP) is 1.89. The molecule has 120 valence electrons. The van der Waals surface area contributed by atoms with E-state index in [1.54, 1.807) is 17.2 Å². The van der Waals surface area contributed by atoms with Crippen LogP contribution in [0.15, 0.2) is 42.7 Å². The van der Waals surface area contributed by atoms with Gasteiger partial charge in [0.15, 0.2) is 0 Å². The van der Waals surface area contributed by atoms with Crippen molar-refractivity contribution in [2.24, 2.45) is 0 Å². The summed E-state index contributed by atoms with van der Waals surface area (Å²) in [6.45, 7) is 5.36. The predicted molar refractivity (Wildman–Crippen MR) is 86.9 cm³/mol. The van der Waals surface area contributed by atoms with E-state index in [-0.39, 0.29) is 17.5 Å². The van der Waals surface area contributed by atoms with Gasteiger partial charge >= 0.3 is 0 Å². The van der Waals surface area contributed by atoms with Crippen LogP contribution in [0.2, 0.25) is 0 Å². The first-order valence-corrected chi connectivity index (χ1v) is 7.59. The van der Waals surface area contributed by atoms with Crippen molar-refractivity contribution >= 4 is 11.8 Å². The van der Waals surface area contributed by atoms with Gasteiger partial charge < -0.3 is 10.2 Å². The molecule has 0 radical (unpaired) electrons. The third-order valence-electron chi connectivity index (χ3n) is 3.45. The quantitative estimate of drug-likeness (QED) is 0.884. The number of aromatic nitrogens is 2. The largest absolute Gasteiger partial charge is 0.346 e. The summed E-state index contributed by atoms with van der Waals surface area (Å²) in [5.74, 6) is -0.430. The molecule has 2 amide bonds. The second-order valence-electron chi connectivity index (χ2n) is 4.91. The highest BCUT2D eigenvalue weighted by atomic mass is 16.2. The molecule has 0 aliphatic carbocycles. The Labute approximate surface area is 135 Å². The van der Waals surface area contributed by atoms with E-state index in [2.05, 4.69) is 15.3 Å². The molecule has 0 aliphatic heterocycles. The molecule has 2 rings (SSSR count). The molecule has 6 heteroatoms. The molecule has 0 spiro atoms. The van der Waals surface area contributed by atoms with Crippen LogP contribution in [0.3, 0.4) is 0 Å². The van der Waals surface area contributed by atoms with Crippen molar-refractivity contribution in [2.45, 2.75) is 20.4 Å². The lowest BCUT2D eigenvalue weighted by Gasteiger charge is -2.18. The van der Waals surface area contributed by atoms with Crippen LogP contribution in [0.4, 0.5) is 0 Å². The Morgan fingerprint density at radius 3 is 2.52 bits per heavy atom. The summed E-state index contributed by atoms with van der Waals surface area (Å²) in [4.78, 5) is 34.4. The van der Waals surface area contributed by atoms with E-state index < -0.39 is 0 Å². The van der Waals surface area contributed by atoms with Gasteiger partial charge in [0.2, 0.25) is 0 Å². The van der Waals surface area contributed by atoms with Crippen LogP contribution in [0.25, 0.3) is 0 Å². The zero-order valence-corrected chi connectivity index (χ0v) is 13.3. The number of carbonyl (C=O) groups is 2. The molecule has 0 atom stereocenters. The van der Waals surface area contributed by atoms with E-state index >= 15 is 0 Å². The summed E-state index contributed by atoms with van der Waals surface area (Å²) in [5, 5.41) is 2.78. The number of hydrogen-bond donors (Lipinski definition) is 1. The van der Waals surface area contributed by atoms with Gasteiger partial charge in [0.05, 0.1) is 12.2 Å². The van der Waals surface area contributed by atoms with Gasteiger partial charge in [0.25, 0.3) is 11.8 Å². The Kier molecular flexibility index (Phi) is 5.80. The molecular formula is C17H20N4O2. The number of pyridine rings is 2. The molecule has 0 unspecified atom stereocenters. The molecular weight excluding hydrogens is 292 g/mol. The van der Waals surface area contributed by atoms with Crippen LogP contribution < -0.4 is 5.32 Å². The van der Waals surface area contributed by atoms with Gasteiger partial charge in [-0.2, -0.15) is 0 Å². The van der Waals surface area contributed by atoms with Crippen molar-refractivity contribution in [1.82, 2.24) is 20.2 Å². The lowest BCUT2D eigenvalue weighted by atomic mass is 10.2. The van der Waals surface area contributed by atoms with Gasteiger partial charge in [-0.05, 0) is 38.1 Å².